The Bertz CT molecular complexity index is 518. The molecule has 1 aromatic rings. The molecule has 0 aromatic heterocycles. The molecule has 2 N–H and O–H groups in total. The fraction of sp³-hybridized carbons (Fsp3) is 0.385. The molecule has 0 aliphatic heterocycles. The van der Waals surface area contributed by atoms with E-state index in [4.69, 9.17) is 10.4 Å². The van der Waals surface area contributed by atoms with E-state index in [2.05, 4.69) is 5.32 Å². The van der Waals surface area contributed by atoms with E-state index in [1.54, 1.807) is 0 Å². The second kappa shape index (κ2) is 4.65. The standard InChI is InChI=1S/C13H13FN2O2/c14-10-2-3-11(9(6-10)7-15)16-8-13(12(17)18)4-1-5-13/h2-3,6,16H,1,4-5,8H2,(H,17,18). The van der Waals surface area contributed by atoms with Crippen LogP contribution in [0.2, 0.25) is 0 Å². The van der Waals surface area contributed by atoms with E-state index in [0.717, 1.165) is 12.5 Å². The molecule has 94 valence electrons. The summed E-state index contributed by atoms with van der Waals surface area (Å²) in [6.45, 7) is 0.267. The lowest BCUT2D eigenvalue weighted by molar-refractivity contribution is -0.153. The van der Waals surface area contributed by atoms with Crippen molar-refractivity contribution in [3.05, 3.63) is 29.6 Å². The van der Waals surface area contributed by atoms with Crippen molar-refractivity contribution in [1.82, 2.24) is 0 Å². The second-order valence-electron chi connectivity index (χ2n) is 4.59. The van der Waals surface area contributed by atoms with E-state index in [0.29, 0.717) is 18.5 Å². The molecule has 1 saturated carbocycles. The number of carboxylic acid groups (broad SMARTS) is 1. The number of halogens is 1. The van der Waals surface area contributed by atoms with Crippen molar-refractivity contribution in [2.45, 2.75) is 19.3 Å². The molecule has 0 unspecified atom stereocenters. The molecule has 0 bridgehead atoms. The van der Waals surface area contributed by atoms with Gasteiger partial charge in [-0.2, -0.15) is 5.26 Å². The van der Waals surface area contributed by atoms with E-state index in [1.165, 1.54) is 12.1 Å². The van der Waals surface area contributed by atoms with Gasteiger partial charge in [0.05, 0.1) is 16.7 Å². The van der Waals surface area contributed by atoms with Crippen molar-refractivity contribution >= 4 is 11.7 Å². The van der Waals surface area contributed by atoms with Crippen LogP contribution in [-0.4, -0.2) is 17.6 Å². The minimum atomic E-state index is -0.818. The zero-order valence-corrected chi connectivity index (χ0v) is 9.74. The molecule has 18 heavy (non-hydrogen) atoms. The number of nitrogens with zero attached hydrogens (tertiary/aromatic N) is 1. The van der Waals surface area contributed by atoms with Crippen molar-refractivity contribution < 1.29 is 14.3 Å². The summed E-state index contributed by atoms with van der Waals surface area (Å²) in [5.41, 5.74) is -0.0671. The van der Waals surface area contributed by atoms with Gasteiger partial charge in [0.25, 0.3) is 0 Å². The SMILES string of the molecule is N#Cc1cc(F)ccc1NCC1(C(=O)O)CCC1. The minimum absolute atomic E-state index is 0.190. The predicted molar refractivity (Wildman–Crippen MR) is 63.5 cm³/mol. The number of anilines is 1. The molecule has 0 spiro atoms. The van der Waals surface area contributed by atoms with Crippen molar-refractivity contribution in [3.63, 3.8) is 0 Å². The van der Waals surface area contributed by atoms with Gasteiger partial charge in [0.15, 0.2) is 0 Å². The third kappa shape index (κ3) is 2.14. The van der Waals surface area contributed by atoms with Gasteiger partial charge in [-0.05, 0) is 31.0 Å². The highest BCUT2D eigenvalue weighted by Crippen LogP contribution is 2.41. The largest absolute Gasteiger partial charge is 0.481 e. The highest BCUT2D eigenvalue weighted by atomic mass is 19.1. The van der Waals surface area contributed by atoms with Crippen LogP contribution in [0.5, 0.6) is 0 Å². The molecule has 0 atom stereocenters. The van der Waals surface area contributed by atoms with Crippen molar-refractivity contribution in [1.29, 1.82) is 5.26 Å². The number of hydrogen-bond donors (Lipinski definition) is 2. The Morgan fingerprint density at radius 1 is 1.56 bits per heavy atom. The third-order valence-corrected chi connectivity index (χ3v) is 3.48. The first-order chi connectivity index (χ1) is 8.57. The Labute approximate surface area is 104 Å². The predicted octanol–water partition coefficient (Wildman–Crippen LogP) is 2.36. The first kappa shape index (κ1) is 12.4. The molecule has 0 radical (unpaired) electrons. The Hall–Kier alpha value is -2.09. The Morgan fingerprint density at radius 3 is 2.78 bits per heavy atom. The summed E-state index contributed by atoms with van der Waals surface area (Å²) < 4.78 is 12.9. The number of carbonyl (C=O) groups is 1. The van der Waals surface area contributed by atoms with Crippen LogP contribution in [-0.2, 0) is 4.79 Å². The van der Waals surface area contributed by atoms with Crippen LogP contribution in [0.25, 0.3) is 0 Å². The van der Waals surface area contributed by atoms with Gasteiger partial charge in [-0.25, -0.2) is 4.39 Å². The number of rotatable bonds is 4. The summed E-state index contributed by atoms with van der Waals surface area (Å²) in [6, 6.07) is 5.73. The van der Waals surface area contributed by atoms with Crippen LogP contribution in [0.3, 0.4) is 0 Å². The van der Waals surface area contributed by atoms with Crippen LogP contribution < -0.4 is 5.32 Å². The fourth-order valence-corrected chi connectivity index (χ4v) is 2.10. The first-order valence-corrected chi connectivity index (χ1v) is 5.74. The normalized spacial score (nSPS) is 16.4. The Balaban J connectivity index is 2.11. The number of nitriles is 1. The quantitative estimate of drug-likeness (QED) is 0.857. The van der Waals surface area contributed by atoms with Gasteiger partial charge >= 0.3 is 5.97 Å². The summed E-state index contributed by atoms with van der Waals surface area (Å²) in [5, 5.41) is 21.0. The number of hydrogen-bond acceptors (Lipinski definition) is 3. The van der Waals surface area contributed by atoms with Gasteiger partial charge in [0.1, 0.15) is 11.9 Å². The van der Waals surface area contributed by atoms with Crippen LogP contribution >= 0.6 is 0 Å². The van der Waals surface area contributed by atoms with E-state index < -0.39 is 17.2 Å². The van der Waals surface area contributed by atoms with Gasteiger partial charge in [-0.15, -0.1) is 0 Å². The van der Waals surface area contributed by atoms with Crippen LogP contribution in [0, 0.1) is 22.6 Å². The molecule has 5 heteroatoms. The highest BCUT2D eigenvalue weighted by Gasteiger charge is 2.44. The molecule has 0 heterocycles. The van der Waals surface area contributed by atoms with Crippen molar-refractivity contribution in [3.8, 4) is 6.07 Å². The number of aliphatic carboxylic acids is 1. The van der Waals surface area contributed by atoms with E-state index in [9.17, 15) is 9.18 Å². The van der Waals surface area contributed by atoms with Crippen LogP contribution in [0.15, 0.2) is 18.2 Å². The molecular formula is C13H13FN2O2. The zero-order valence-electron chi connectivity index (χ0n) is 9.74. The molecule has 1 aromatic carbocycles. The van der Waals surface area contributed by atoms with Gasteiger partial charge in [-0.1, -0.05) is 6.42 Å². The molecule has 1 fully saturated rings. The summed E-state index contributed by atoms with van der Waals surface area (Å²) in [6.07, 6.45) is 2.18. The summed E-state index contributed by atoms with van der Waals surface area (Å²) >= 11 is 0. The zero-order chi connectivity index (χ0) is 13.2. The molecule has 0 amide bonds. The number of nitrogens with one attached hydrogen (secondary N) is 1. The molecular weight excluding hydrogens is 235 g/mol. The molecule has 1 aliphatic carbocycles. The first-order valence-electron chi connectivity index (χ1n) is 5.74. The van der Waals surface area contributed by atoms with E-state index in [-0.39, 0.29) is 12.1 Å². The minimum Gasteiger partial charge on any atom is -0.481 e. The number of carboxylic acids is 1. The molecule has 0 saturated heterocycles. The number of benzene rings is 1. The maximum atomic E-state index is 12.9. The monoisotopic (exact) mass is 248 g/mol. The lowest BCUT2D eigenvalue weighted by Crippen LogP contribution is -2.43. The van der Waals surface area contributed by atoms with Crippen molar-refractivity contribution in [2.24, 2.45) is 5.41 Å². The topological polar surface area (TPSA) is 73.1 Å². The van der Waals surface area contributed by atoms with Gasteiger partial charge in [0, 0.05) is 6.54 Å². The summed E-state index contributed by atoms with van der Waals surface area (Å²) in [5.74, 6) is -1.30. The molecule has 1 aliphatic rings. The maximum absolute atomic E-state index is 12.9. The lowest BCUT2D eigenvalue weighted by atomic mass is 9.69. The van der Waals surface area contributed by atoms with Gasteiger partial charge in [-0.3, -0.25) is 4.79 Å². The maximum Gasteiger partial charge on any atom is 0.311 e. The second-order valence-corrected chi connectivity index (χ2v) is 4.59. The van der Waals surface area contributed by atoms with E-state index in [1.807, 2.05) is 6.07 Å². The van der Waals surface area contributed by atoms with Gasteiger partial charge in [0.2, 0.25) is 0 Å². The van der Waals surface area contributed by atoms with Crippen LogP contribution in [0.1, 0.15) is 24.8 Å². The Morgan fingerprint density at radius 2 is 2.28 bits per heavy atom. The smallest absolute Gasteiger partial charge is 0.311 e. The average molecular weight is 248 g/mol. The molecule has 2 rings (SSSR count). The fourth-order valence-electron chi connectivity index (χ4n) is 2.10. The average Bonchev–Trinajstić information content (AvgIpc) is 2.28. The summed E-state index contributed by atoms with van der Waals surface area (Å²) in [7, 11) is 0. The molecule has 4 nitrogen and oxygen atoms in total. The lowest BCUT2D eigenvalue weighted by Gasteiger charge is -2.37. The van der Waals surface area contributed by atoms with Gasteiger partial charge < -0.3 is 10.4 Å². The van der Waals surface area contributed by atoms with E-state index >= 15 is 0 Å². The summed E-state index contributed by atoms with van der Waals surface area (Å²) in [4.78, 5) is 11.2. The third-order valence-electron chi connectivity index (χ3n) is 3.48. The highest BCUT2D eigenvalue weighted by molar-refractivity contribution is 5.76. The van der Waals surface area contributed by atoms with Crippen molar-refractivity contribution in [2.75, 3.05) is 11.9 Å². The van der Waals surface area contributed by atoms with Crippen LogP contribution in [0.4, 0.5) is 10.1 Å². The Kier molecular flexibility index (Phi) is 3.19.